The van der Waals surface area contributed by atoms with Gasteiger partial charge in [0.2, 0.25) is 11.8 Å². The fourth-order valence-corrected chi connectivity index (χ4v) is 5.07. The Morgan fingerprint density at radius 2 is 1.63 bits per heavy atom. The second-order valence-electron chi connectivity index (χ2n) is 8.12. The third-order valence-corrected chi connectivity index (χ3v) is 7.04. The van der Waals surface area contributed by atoms with Crippen molar-refractivity contribution in [2.45, 2.75) is 16.6 Å². The highest BCUT2D eigenvalue weighted by Gasteiger charge is 2.40. The van der Waals surface area contributed by atoms with E-state index in [1.165, 1.54) is 16.7 Å². The molecule has 1 N–H and O–H groups in total. The van der Waals surface area contributed by atoms with Gasteiger partial charge in [0.25, 0.3) is 5.91 Å². The SMILES string of the molecule is COc1ccc(N2C(=O)CC(Sc3ccc(NC(=O)c4ccc5ccccc5c4)cc3)C2=O)cc1. The Labute approximate surface area is 206 Å². The molecule has 0 aliphatic carbocycles. The molecule has 1 atom stereocenters. The van der Waals surface area contributed by atoms with Crippen LogP contribution < -0.4 is 15.0 Å². The highest BCUT2D eigenvalue weighted by Crippen LogP contribution is 2.35. The Hall–Kier alpha value is -4.10. The van der Waals surface area contributed by atoms with Crippen LogP contribution in [0.25, 0.3) is 10.8 Å². The lowest BCUT2D eigenvalue weighted by Gasteiger charge is -2.15. The number of hydrogen-bond acceptors (Lipinski definition) is 5. The van der Waals surface area contributed by atoms with E-state index in [2.05, 4.69) is 5.32 Å². The Morgan fingerprint density at radius 1 is 0.914 bits per heavy atom. The highest BCUT2D eigenvalue weighted by molar-refractivity contribution is 8.00. The number of ether oxygens (including phenoxy) is 1. The van der Waals surface area contributed by atoms with Gasteiger partial charge in [-0.15, -0.1) is 11.8 Å². The molecule has 4 aromatic rings. The summed E-state index contributed by atoms with van der Waals surface area (Å²) in [6, 6.07) is 27.6. The number of thioether (sulfide) groups is 1. The van der Waals surface area contributed by atoms with Gasteiger partial charge in [-0.25, -0.2) is 4.90 Å². The molecule has 1 unspecified atom stereocenters. The third-order valence-electron chi connectivity index (χ3n) is 5.84. The molecule has 5 rings (SSSR count). The van der Waals surface area contributed by atoms with Crippen molar-refractivity contribution in [3.05, 3.63) is 96.6 Å². The first-order chi connectivity index (χ1) is 17.0. The number of methoxy groups -OCH3 is 1. The summed E-state index contributed by atoms with van der Waals surface area (Å²) in [4.78, 5) is 40.3. The van der Waals surface area contributed by atoms with Crippen molar-refractivity contribution in [3.8, 4) is 5.75 Å². The number of nitrogens with zero attached hydrogens (tertiary/aromatic N) is 1. The summed E-state index contributed by atoms with van der Waals surface area (Å²) in [5, 5.41) is 4.50. The van der Waals surface area contributed by atoms with E-state index in [1.54, 1.807) is 49.6 Å². The third kappa shape index (κ3) is 4.76. The minimum atomic E-state index is -0.498. The number of anilines is 2. The molecule has 1 saturated heterocycles. The zero-order chi connectivity index (χ0) is 24.4. The van der Waals surface area contributed by atoms with Gasteiger partial charge in [-0.2, -0.15) is 0 Å². The van der Waals surface area contributed by atoms with Crippen molar-refractivity contribution in [2.24, 2.45) is 0 Å². The summed E-state index contributed by atoms with van der Waals surface area (Å²) in [5.74, 6) is 0.00482. The largest absolute Gasteiger partial charge is 0.497 e. The van der Waals surface area contributed by atoms with E-state index in [-0.39, 0.29) is 24.1 Å². The molecule has 1 aliphatic heterocycles. The maximum absolute atomic E-state index is 12.9. The molecule has 35 heavy (non-hydrogen) atoms. The van der Waals surface area contributed by atoms with Crippen molar-refractivity contribution in [2.75, 3.05) is 17.3 Å². The normalized spacial score (nSPS) is 15.5. The monoisotopic (exact) mass is 482 g/mol. The zero-order valence-electron chi connectivity index (χ0n) is 18.9. The number of amides is 3. The molecule has 0 saturated carbocycles. The molecule has 6 nitrogen and oxygen atoms in total. The Balaban J connectivity index is 1.23. The summed E-state index contributed by atoms with van der Waals surface area (Å²) >= 11 is 1.35. The fourth-order valence-electron chi connectivity index (χ4n) is 4.01. The van der Waals surface area contributed by atoms with Crippen LogP contribution >= 0.6 is 11.8 Å². The molecular weight excluding hydrogens is 460 g/mol. The maximum atomic E-state index is 12.9. The van der Waals surface area contributed by atoms with Gasteiger partial charge in [-0.1, -0.05) is 30.3 Å². The lowest BCUT2D eigenvalue weighted by atomic mass is 10.1. The number of hydrogen-bond donors (Lipinski definition) is 1. The lowest BCUT2D eigenvalue weighted by molar-refractivity contribution is -0.121. The van der Waals surface area contributed by atoms with Crippen molar-refractivity contribution < 1.29 is 19.1 Å². The summed E-state index contributed by atoms with van der Waals surface area (Å²) in [7, 11) is 1.56. The molecule has 1 heterocycles. The predicted molar refractivity (Wildman–Crippen MR) is 138 cm³/mol. The lowest BCUT2D eigenvalue weighted by Crippen LogP contribution is -2.31. The molecule has 0 aromatic heterocycles. The summed E-state index contributed by atoms with van der Waals surface area (Å²) in [6.45, 7) is 0. The molecule has 4 aromatic carbocycles. The van der Waals surface area contributed by atoms with Gasteiger partial charge < -0.3 is 10.1 Å². The van der Waals surface area contributed by atoms with E-state index in [1.807, 2.05) is 48.5 Å². The quantitative estimate of drug-likeness (QED) is 0.366. The summed E-state index contributed by atoms with van der Waals surface area (Å²) < 4.78 is 5.14. The number of nitrogens with one attached hydrogen (secondary N) is 1. The first-order valence-electron chi connectivity index (χ1n) is 11.1. The van der Waals surface area contributed by atoms with Crippen molar-refractivity contribution >= 4 is 51.6 Å². The number of rotatable bonds is 6. The minimum Gasteiger partial charge on any atom is -0.497 e. The summed E-state index contributed by atoms with van der Waals surface area (Å²) in [6.07, 6.45) is 0.135. The van der Waals surface area contributed by atoms with E-state index in [0.29, 0.717) is 22.7 Å². The van der Waals surface area contributed by atoms with Crippen LogP contribution in [-0.2, 0) is 9.59 Å². The van der Waals surface area contributed by atoms with Crippen LogP contribution in [0.15, 0.2) is 95.9 Å². The van der Waals surface area contributed by atoms with Crippen molar-refractivity contribution in [1.82, 2.24) is 0 Å². The number of imide groups is 1. The van der Waals surface area contributed by atoms with Gasteiger partial charge in [-0.05, 0) is 71.4 Å². The van der Waals surface area contributed by atoms with Crippen LogP contribution in [0.2, 0.25) is 0 Å². The predicted octanol–water partition coefficient (Wildman–Crippen LogP) is 5.52. The van der Waals surface area contributed by atoms with E-state index in [9.17, 15) is 14.4 Å². The van der Waals surface area contributed by atoms with Crippen LogP contribution in [0.4, 0.5) is 11.4 Å². The second-order valence-corrected chi connectivity index (χ2v) is 9.39. The van der Waals surface area contributed by atoms with Gasteiger partial charge in [-0.3, -0.25) is 14.4 Å². The average molecular weight is 483 g/mol. The zero-order valence-corrected chi connectivity index (χ0v) is 19.7. The van der Waals surface area contributed by atoms with E-state index in [4.69, 9.17) is 4.74 Å². The van der Waals surface area contributed by atoms with Crippen LogP contribution in [-0.4, -0.2) is 30.1 Å². The highest BCUT2D eigenvalue weighted by atomic mass is 32.2. The van der Waals surface area contributed by atoms with Gasteiger partial charge in [0.05, 0.1) is 18.0 Å². The van der Waals surface area contributed by atoms with E-state index in [0.717, 1.165) is 15.7 Å². The van der Waals surface area contributed by atoms with Gasteiger partial charge in [0.1, 0.15) is 5.75 Å². The molecule has 1 aliphatic rings. The molecule has 0 spiro atoms. The van der Waals surface area contributed by atoms with E-state index < -0.39 is 5.25 Å². The Kier molecular flexibility index (Phi) is 6.25. The molecule has 1 fully saturated rings. The smallest absolute Gasteiger partial charge is 0.255 e. The maximum Gasteiger partial charge on any atom is 0.255 e. The Morgan fingerprint density at radius 3 is 2.34 bits per heavy atom. The molecule has 7 heteroatoms. The summed E-state index contributed by atoms with van der Waals surface area (Å²) in [5.41, 5.74) is 1.77. The van der Waals surface area contributed by atoms with Gasteiger partial charge in [0.15, 0.2) is 0 Å². The van der Waals surface area contributed by atoms with Gasteiger partial charge in [0, 0.05) is 22.6 Å². The molecular formula is C28H22N2O4S. The molecule has 0 bridgehead atoms. The topological polar surface area (TPSA) is 75.7 Å². The first kappa shape index (κ1) is 22.7. The minimum absolute atomic E-state index is 0.135. The molecule has 3 amide bonds. The van der Waals surface area contributed by atoms with Crippen LogP contribution in [0, 0.1) is 0 Å². The van der Waals surface area contributed by atoms with Crippen LogP contribution in [0.1, 0.15) is 16.8 Å². The number of benzene rings is 4. The fraction of sp³-hybridized carbons (Fsp3) is 0.107. The molecule has 174 valence electrons. The Bertz CT molecular complexity index is 1420. The number of carbonyl (C=O) groups excluding carboxylic acids is 3. The van der Waals surface area contributed by atoms with Gasteiger partial charge >= 0.3 is 0 Å². The number of fused-ring (bicyclic) bond motifs is 1. The van der Waals surface area contributed by atoms with Crippen LogP contribution in [0.3, 0.4) is 0 Å². The first-order valence-corrected chi connectivity index (χ1v) is 12.0. The average Bonchev–Trinajstić information content (AvgIpc) is 3.17. The standard InChI is InChI=1S/C28H22N2O4S/c1-34-23-12-10-22(11-13-23)30-26(31)17-25(28(30)33)35-24-14-8-21(9-15-24)29-27(32)20-7-6-18-4-2-3-5-19(18)16-20/h2-16,25H,17H2,1H3,(H,29,32). The van der Waals surface area contributed by atoms with Crippen molar-refractivity contribution in [3.63, 3.8) is 0 Å². The molecule has 0 radical (unpaired) electrons. The van der Waals surface area contributed by atoms with E-state index >= 15 is 0 Å². The van der Waals surface area contributed by atoms with Crippen molar-refractivity contribution in [1.29, 1.82) is 0 Å². The number of carbonyl (C=O) groups is 3. The second kappa shape index (κ2) is 9.64. The van der Waals surface area contributed by atoms with Crippen LogP contribution in [0.5, 0.6) is 5.75 Å².